The fourth-order valence-electron chi connectivity index (χ4n) is 2.54. The van der Waals surface area contributed by atoms with Crippen LogP contribution in [0.3, 0.4) is 0 Å². The Kier molecular flexibility index (Phi) is 5.02. The van der Waals surface area contributed by atoms with Crippen molar-refractivity contribution in [3.8, 4) is 0 Å². The van der Waals surface area contributed by atoms with Crippen molar-refractivity contribution in [2.24, 2.45) is 0 Å². The lowest BCUT2D eigenvalue weighted by atomic mass is 10.0. The lowest BCUT2D eigenvalue weighted by molar-refractivity contribution is -0.0143. The summed E-state index contributed by atoms with van der Waals surface area (Å²) in [5.41, 5.74) is 1.63. The molecule has 0 radical (unpaired) electrons. The van der Waals surface area contributed by atoms with Gasteiger partial charge in [-0.2, -0.15) is 0 Å². The van der Waals surface area contributed by atoms with E-state index in [4.69, 9.17) is 9.47 Å². The van der Waals surface area contributed by atoms with E-state index in [0.29, 0.717) is 0 Å². The van der Waals surface area contributed by atoms with Crippen LogP contribution in [0, 0.1) is 0 Å². The lowest BCUT2D eigenvalue weighted by Crippen LogP contribution is -2.54. The third-order valence-corrected chi connectivity index (χ3v) is 3.64. The maximum absolute atomic E-state index is 12.8. The van der Waals surface area contributed by atoms with Crippen molar-refractivity contribution in [1.82, 2.24) is 10.4 Å². The SMILES string of the molecule is CC(C)(C)OC(=O)NN(C(=O)OC(C)(C)C)C1(c2ccccc2)CC1. The Morgan fingerprint density at radius 1 is 0.960 bits per heavy atom. The number of nitrogens with one attached hydrogen (secondary N) is 1. The van der Waals surface area contributed by atoms with Gasteiger partial charge in [0.2, 0.25) is 0 Å². The highest BCUT2D eigenvalue weighted by Crippen LogP contribution is 2.50. The van der Waals surface area contributed by atoms with Crippen LogP contribution < -0.4 is 5.43 Å². The molecular formula is C19H28N2O4. The van der Waals surface area contributed by atoms with Gasteiger partial charge in [-0.25, -0.2) is 20.0 Å². The van der Waals surface area contributed by atoms with Crippen LogP contribution in [0.5, 0.6) is 0 Å². The van der Waals surface area contributed by atoms with Gasteiger partial charge in [0.05, 0.1) is 5.54 Å². The van der Waals surface area contributed by atoms with E-state index >= 15 is 0 Å². The van der Waals surface area contributed by atoms with Crippen molar-refractivity contribution in [3.05, 3.63) is 35.9 Å². The largest absolute Gasteiger partial charge is 0.443 e. The molecule has 2 rings (SSSR count). The summed E-state index contributed by atoms with van der Waals surface area (Å²) in [6.45, 7) is 10.7. The van der Waals surface area contributed by atoms with Gasteiger partial charge in [-0.3, -0.25) is 0 Å². The van der Waals surface area contributed by atoms with Gasteiger partial charge in [0.15, 0.2) is 0 Å². The fraction of sp³-hybridized carbons (Fsp3) is 0.579. The average Bonchev–Trinajstić information content (AvgIpc) is 3.23. The first kappa shape index (κ1) is 19.1. The molecule has 6 nitrogen and oxygen atoms in total. The molecule has 1 aliphatic carbocycles. The number of hydrazine groups is 1. The van der Waals surface area contributed by atoms with E-state index in [1.807, 2.05) is 30.3 Å². The lowest BCUT2D eigenvalue weighted by Gasteiger charge is -2.34. The molecular weight excluding hydrogens is 320 g/mol. The first-order chi connectivity index (χ1) is 11.4. The molecule has 1 saturated carbocycles. The van der Waals surface area contributed by atoms with Crippen molar-refractivity contribution in [2.75, 3.05) is 0 Å². The van der Waals surface area contributed by atoms with Gasteiger partial charge >= 0.3 is 12.2 Å². The normalized spacial score (nSPS) is 15.9. The molecule has 1 aliphatic rings. The molecule has 1 N–H and O–H groups in total. The number of ether oxygens (including phenoxy) is 2. The maximum Gasteiger partial charge on any atom is 0.430 e. The molecule has 6 heteroatoms. The summed E-state index contributed by atoms with van der Waals surface area (Å²) in [5, 5.41) is 1.28. The molecule has 0 aliphatic heterocycles. The monoisotopic (exact) mass is 348 g/mol. The quantitative estimate of drug-likeness (QED) is 0.807. The molecule has 25 heavy (non-hydrogen) atoms. The standard InChI is InChI=1S/C19H28N2O4/c1-17(2,3)24-15(22)20-21(16(23)25-18(4,5)6)19(12-13-19)14-10-8-7-9-11-14/h7-11H,12-13H2,1-6H3,(H,20,22). The number of carbonyl (C=O) groups excluding carboxylic acids is 2. The Morgan fingerprint density at radius 2 is 1.48 bits per heavy atom. The third kappa shape index (κ3) is 5.11. The van der Waals surface area contributed by atoms with E-state index in [2.05, 4.69) is 5.43 Å². The maximum atomic E-state index is 12.8. The molecule has 0 heterocycles. The highest BCUT2D eigenvalue weighted by Gasteiger charge is 2.54. The first-order valence-corrected chi connectivity index (χ1v) is 8.51. The summed E-state index contributed by atoms with van der Waals surface area (Å²) in [7, 11) is 0. The Balaban J connectivity index is 2.27. The zero-order valence-electron chi connectivity index (χ0n) is 15.9. The van der Waals surface area contributed by atoms with Gasteiger partial charge < -0.3 is 9.47 Å². The third-order valence-electron chi connectivity index (χ3n) is 3.64. The predicted molar refractivity (Wildman–Crippen MR) is 94.8 cm³/mol. The number of hydrogen-bond donors (Lipinski definition) is 1. The minimum Gasteiger partial charge on any atom is -0.443 e. The van der Waals surface area contributed by atoms with Crippen molar-refractivity contribution >= 4 is 12.2 Å². The molecule has 1 fully saturated rings. The average molecular weight is 348 g/mol. The second-order valence-corrected chi connectivity index (χ2v) is 8.33. The summed E-state index contributed by atoms with van der Waals surface area (Å²) in [6.07, 6.45) is 0.207. The van der Waals surface area contributed by atoms with E-state index in [1.165, 1.54) is 5.01 Å². The van der Waals surface area contributed by atoms with Crippen LogP contribution in [0.15, 0.2) is 30.3 Å². The molecule has 0 spiro atoms. The highest BCUT2D eigenvalue weighted by molar-refractivity contribution is 5.76. The second-order valence-electron chi connectivity index (χ2n) is 8.33. The van der Waals surface area contributed by atoms with Crippen LogP contribution in [-0.4, -0.2) is 28.4 Å². The Morgan fingerprint density at radius 3 is 1.92 bits per heavy atom. The van der Waals surface area contributed by atoms with Gasteiger partial charge in [-0.15, -0.1) is 0 Å². The molecule has 0 bridgehead atoms. The highest BCUT2D eigenvalue weighted by atomic mass is 16.6. The second kappa shape index (κ2) is 6.58. The molecule has 1 aromatic rings. The zero-order valence-corrected chi connectivity index (χ0v) is 15.9. The topological polar surface area (TPSA) is 67.9 Å². The number of nitrogens with zero attached hydrogens (tertiary/aromatic N) is 1. The minimum absolute atomic E-state index is 0.597. The molecule has 0 atom stereocenters. The summed E-state index contributed by atoms with van der Waals surface area (Å²) >= 11 is 0. The molecule has 0 saturated heterocycles. The van der Waals surface area contributed by atoms with E-state index in [-0.39, 0.29) is 0 Å². The fourth-order valence-corrected chi connectivity index (χ4v) is 2.54. The predicted octanol–water partition coefficient (Wildman–Crippen LogP) is 4.35. The number of benzene rings is 1. The Bertz CT molecular complexity index is 625. The van der Waals surface area contributed by atoms with Crippen molar-refractivity contribution in [1.29, 1.82) is 0 Å². The molecule has 1 aromatic carbocycles. The molecule has 0 aromatic heterocycles. The van der Waals surface area contributed by atoms with Crippen LogP contribution >= 0.6 is 0 Å². The van der Waals surface area contributed by atoms with Crippen molar-refractivity contribution in [2.45, 2.75) is 71.1 Å². The van der Waals surface area contributed by atoms with E-state index < -0.39 is 28.9 Å². The van der Waals surface area contributed by atoms with E-state index in [9.17, 15) is 9.59 Å². The zero-order chi connectivity index (χ0) is 18.9. The minimum atomic E-state index is -0.680. The summed E-state index contributed by atoms with van der Waals surface area (Å²) in [6, 6.07) is 9.63. The van der Waals surface area contributed by atoms with Crippen LogP contribution in [0.2, 0.25) is 0 Å². The van der Waals surface area contributed by atoms with Crippen LogP contribution in [0.25, 0.3) is 0 Å². The molecule has 138 valence electrons. The number of hydrogen-bond acceptors (Lipinski definition) is 4. The number of carbonyl (C=O) groups is 2. The Hall–Kier alpha value is -2.24. The smallest absolute Gasteiger partial charge is 0.430 e. The first-order valence-electron chi connectivity index (χ1n) is 8.51. The number of amides is 2. The van der Waals surface area contributed by atoms with Crippen LogP contribution in [-0.2, 0) is 15.0 Å². The Labute approximate surface area is 149 Å². The summed E-state index contributed by atoms with van der Waals surface area (Å²) in [5.74, 6) is 0. The van der Waals surface area contributed by atoms with Gasteiger partial charge in [-0.1, -0.05) is 30.3 Å². The molecule has 2 amide bonds. The van der Waals surface area contributed by atoms with Crippen molar-refractivity contribution < 1.29 is 19.1 Å². The summed E-state index contributed by atoms with van der Waals surface area (Å²) < 4.78 is 10.8. The van der Waals surface area contributed by atoms with Crippen LogP contribution in [0.4, 0.5) is 9.59 Å². The van der Waals surface area contributed by atoms with Gasteiger partial charge in [0, 0.05) is 0 Å². The molecule has 0 unspecified atom stereocenters. The van der Waals surface area contributed by atoms with Crippen LogP contribution in [0.1, 0.15) is 59.9 Å². The van der Waals surface area contributed by atoms with E-state index in [1.54, 1.807) is 41.5 Å². The van der Waals surface area contributed by atoms with E-state index in [0.717, 1.165) is 18.4 Å². The van der Waals surface area contributed by atoms with Gasteiger partial charge in [0.1, 0.15) is 11.2 Å². The van der Waals surface area contributed by atoms with Gasteiger partial charge in [-0.05, 0) is 59.9 Å². The number of rotatable bonds is 2. The summed E-state index contributed by atoms with van der Waals surface area (Å²) in [4.78, 5) is 25.0. The van der Waals surface area contributed by atoms with Crippen molar-refractivity contribution in [3.63, 3.8) is 0 Å². The van der Waals surface area contributed by atoms with Gasteiger partial charge in [0.25, 0.3) is 0 Å².